The molecule has 18 heavy (non-hydrogen) atoms. The molecular weight excluding hydrogens is 220 g/mol. The summed E-state index contributed by atoms with van der Waals surface area (Å²) >= 11 is 0. The Morgan fingerprint density at radius 2 is 1.89 bits per heavy atom. The summed E-state index contributed by atoms with van der Waals surface area (Å²) in [6.07, 6.45) is 8.49. The molecule has 0 radical (unpaired) electrons. The van der Waals surface area contributed by atoms with Gasteiger partial charge in [0, 0.05) is 25.2 Å². The quantitative estimate of drug-likeness (QED) is 0.713. The second-order valence-electron chi connectivity index (χ2n) is 6.74. The third-order valence-electron chi connectivity index (χ3n) is 4.70. The standard InChI is InChI=1S/C16H32N2/c1-4-10-17-16-7-5-6-15(16)12-18(13(2)3)11-14-8-9-14/h13-17H,4-12H2,1-3H3. The van der Waals surface area contributed by atoms with Crippen LogP contribution in [-0.2, 0) is 0 Å². The van der Waals surface area contributed by atoms with Crippen molar-refractivity contribution in [2.24, 2.45) is 11.8 Å². The van der Waals surface area contributed by atoms with E-state index < -0.39 is 0 Å². The molecule has 0 amide bonds. The first-order valence-corrected chi connectivity index (χ1v) is 8.18. The van der Waals surface area contributed by atoms with Crippen LogP contribution in [0.4, 0.5) is 0 Å². The number of hydrogen-bond donors (Lipinski definition) is 1. The summed E-state index contributed by atoms with van der Waals surface area (Å²) in [7, 11) is 0. The third kappa shape index (κ3) is 4.24. The summed E-state index contributed by atoms with van der Waals surface area (Å²) in [4.78, 5) is 2.74. The van der Waals surface area contributed by atoms with E-state index in [1.807, 2.05) is 0 Å². The van der Waals surface area contributed by atoms with E-state index in [4.69, 9.17) is 0 Å². The lowest BCUT2D eigenvalue weighted by Crippen LogP contribution is -2.42. The number of nitrogens with one attached hydrogen (secondary N) is 1. The monoisotopic (exact) mass is 252 g/mol. The van der Waals surface area contributed by atoms with Gasteiger partial charge in [-0.3, -0.25) is 0 Å². The van der Waals surface area contributed by atoms with Gasteiger partial charge in [0.2, 0.25) is 0 Å². The van der Waals surface area contributed by atoms with E-state index in [1.165, 1.54) is 58.2 Å². The third-order valence-corrected chi connectivity index (χ3v) is 4.70. The van der Waals surface area contributed by atoms with Gasteiger partial charge >= 0.3 is 0 Å². The van der Waals surface area contributed by atoms with E-state index in [0.717, 1.165) is 23.9 Å². The molecule has 0 aromatic rings. The first-order valence-electron chi connectivity index (χ1n) is 8.18. The van der Waals surface area contributed by atoms with Crippen LogP contribution in [-0.4, -0.2) is 36.6 Å². The van der Waals surface area contributed by atoms with Crippen LogP contribution in [0.3, 0.4) is 0 Å². The molecule has 0 aliphatic heterocycles. The molecule has 0 heterocycles. The first kappa shape index (κ1) is 14.3. The average molecular weight is 252 g/mol. The second kappa shape index (κ2) is 6.91. The normalized spacial score (nSPS) is 28.5. The summed E-state index contributed by atoms with van der Waals surface area (Å²) in [6.45, 7) is 10.9. The lowest BCUT2D eigenvalue weighted by Gasteiger charge is -2.32. The Hall–Kier alpha value is -0.0800. The molecule has 0 aromatic heterocycles. The largest absolute Gasteiger partial charge is 0.314 e. The second-order valence-corrected chi connectivity index (χ2v) is 6.74. The zero-order valence-corrected chi connectivity index (χ0v) is 12.6. The maximum absolute atomic E-state index is 3.77. The van der Waals surface area contributed by atoms with Gasteiger partial charge in [0.05, 0.1) is 0 Å². The minimum Gasteiger partial charge on any atom is -0.314 e. The van der Waals surface area contributed by atoms with Crippen molar-refractivity contribution >= 4 is 0 Å². The molecule has 2 fully saturated rings. The van der Waals surface area contributed by atoms with Crippen LogP contribution in [0.15, 0.2) is 0 Å². The summed E-state index contributed by atoms with van der Waals surface area (Å²) in [5.41, 5.74) is 0. The number of rotatable bonds is 8. The highest BCUT2D eigenvalue weighted by Crippen LogP contribution is 2.32. The summed E-state index contributed by atoms with van der Waals surface area (Å²) in [6, 6.07) is 1.52. The van der Waals surface area contributed by atoms with Gasteiger partial charge in [0.25, 0.3) is 0 Å². The van der Waals surface area contributed by atoms with E-state index in [0.29, 0.717) is 0 Å². The molecule has 0 spiro atoms. The van der Waals surface area contributed by atoms with Crippen LogP contribution in [0.1, 0.15) is 59.3 Å². The van der Waals surface area contributed by atoms with E-state index in [9.17, 15) is 0 Å². The van der Waals surface area contributed by atoms with Gasteiger partial charge in [0.15, 0.2) is 0 Å². The molecule has 2 unspecified atom stereocenters. The molecule has 2 nitrogen and oxygen atoms in total. The van der Waals surface area contributed by atoms with Crippen LogP contribution >= 0.6 is 0 Å². The molecule has 106 valence electrons. The van der Waals surface area contributed by atoms with Gasteiger partial charge in [-0.25, -0.2) is 0 Å². The van der Waals surface area contributed by atoms with Gasteiger partial charge in [-0.15, -0.1) is 0 Å². The Balaban J connectivity index is 1.80. The molecule has 0 bridgehead atoms. The minimum absolute atomic E-state index is 0.720. The minimum atomic E-state index is 0.720. The zero-order chi connectivity index (χ0) is 13.0. The Bertz CT molecular complexity index is 235. The van der Waals surface area contributed by atoms with Crippen LogP contribution in [0.5, 0.6) is 0 Å². The van der Waals surface area contributed by atoms with Gasteiger partial charge in [-0.2, -0.15) is 0 Å². The maximum atomic E-state index is 3.77. The fourth-order valence-electron chi connectivity index (χ4n) is 3.28. The zero-order valence-electron chi connectivity index (χ0n) is 12.6. The van der Waals surface area contributed by atoms with Crippen molar-refractivity contribution in [2.75, 3.05) is 19.6 Å². The van der Waals surface area contributed by atoms with E-state index >= 15 is 0 Å². The highest BCUT2D eigenvalue weighted by atomic mass is 15.2. The van der Waals surface area contributed by atoms with Gasteiger partial charge < -0.3 is 10.2 Å². The molecule has 2 aliphatic rings. The molecule has 0 aromatic carbocycles. The van der Waals surface area contributed by atoms with E-state index in [1.54, 1.807) is 0 Å². The van der Waals surface area contributed by atoms with Crippen molar-refractivity contribution in [1.82, 2.24) is 10.2 Å². The fraction of sp³-hybridized carbons (Fsp3) is 1.00. The lowest BCUT2D eigenvalue weighted by atomic mass is 10.0. The summed E-state index contributed by atoms with van der Waals surface area (Å²) in [5.74, 6) is 1.92. The van der Waals surface area contributed by atoms with Crippen LogP contribution in [0, 0.1) is 11.8 Å². The molecule has 2 aliphatic carbocycles. The van der Waals surface area contributed by atoms with Crippen LogP contribution in [0.25, 0.3) is 0 Å². The molecule has 2 heteroatoms. The topological polar surface area (TPSA) is 15.3 Å². The van der Waals surface area contributed by atoms with Crippen molar-refractivity contribution in [3.05, 3.63) is 0 Å². The Labute approximate surface area is 114 Å². The Kier molecular flexibility index (Phi) is 5.50. The molecule has 0 saturated heterocycles. The summed E-state index contributed by atoms with van der Waals surface area (Å²) in [5, 5.41) is 3.77. The predicted molar refractivity (Wildman–Crippen MR) is 78.9 cm³/mol. The first-order chi connectivity index (χ1) is 8.70. The van der Waals surface area contributed by atoms with Crippen LogP contribution < -0.4 is 5.32 Å². The molecule has 1 N–H and O–H groups in total. The average Bonchev–Trinajstić information content (AvgIpc) is 3.05. The van der Waals surface area contributed by atoms with E-state index in [2.05, 4.69) is 31.0 Å². The smallest absolute Gasteiger partial charge is 0.0107 e. The van der Waals surface area contributed by atoms with Gasteiger partial charge in [-0.1, -0.05) is 13.3 Å². The van der Waals surface area contributed by atoms with Crippen molar-refractivity contribution in [2.45, 2.75) is 71.4 Å². The number of nitrogens with zero attached hydrogens (tertiary/aromatic N) is 1. The van der Waals surface area contributed by atoms with Gasteiger partial charge in [0.1, 0.15) is 0 Å². The Morgan fingerprint density at radius 3 is 2.50 bits per heavy atom. The molecular formula is C16H32N2. The van der Waals surface area contributed by atoms with Crippen molar-refractivity contribution in [3.8, 4) is 0 Å². The van der Waals surface area contributed by atoms with E-state index in [-0.39, 0.29) is 0 Å². The fourth-order valence-corrected chi connectivity index (χ4v) is 3.28. The summed E-state index contributed by atoms with van der Waals surface area (Å²) < 4.78 is 0. The molecule has 2 atom stereocenters. The predicted octanol–water partition coefficient (Wildman–Crippen LogP) is 3.28. The lowest BCUT2D eigenvalue weighted by molar-refractivity contribution is 0.168. The van der Waals surface area contributed by atoms with Crippen molar-refractivity contribution < 1.29 is 0 Å². The molecule has 2 rings (SSSR count). The highest BCUT2D eigenvalue weighted by Gasteiger charge is 2.31. The molecule has 2 saturated carbocycles. The SMILES string of the molecule is CCCNC1CCCC1CN(CC1CC1)C(C)C. The van der Waals surface area contributed by atoms with Crippen molar-refractivity contribution in [1.29, 1.82) is 0 Å². The van der Waals surface area contributed by atoms with Crippen LogP contribution in [0.2, 0.25) is 0 Å². The highest BCUT2D eigenvalue weighted by molar-refractivity contribution is 4.87. The van der Waals surface area contributed by atoms with Gasteiger partial charge in [-0.05, 0) is 64.3 Å². The maximum Gasteiger partial charge on any atom is 0.0107 e. The Morgan fingerprint density at radius 1 is 1.11 bits per heavy atom. The number of hydrogen-bond acceptors (Lipinski definition) is 2. The van der Waals surface area contributed by atoms with Crippen molar-refractivity contribution in [3.63, 3.8) is 0 Å².